The fraction of sp³-hybridized carbons (Fsp3) is 0.174. The SMILES string of the molecule is COC(=O)CC1Oc2ccc3cc4c(c(-c5ccc(OC)cc5)c3c2O1)C(=O)NC4=O. The van der Waals surface area contributed by atoms with Gasteiger partial charge in [-0.15, -0.1) is 0 Å². The largest absolute Gasteiger partial charge is 0.497 e. The van der Waals surface area contributed by atoms with Crippen LogP contribution in [0.5, 0.6) is 17.2 Å². The lowest BCUT2D eigenvalue weighted by Crippen LogP contribution is -2.22. The van der Waals surface area contributed by atoms with Gasteiger partial charge in [0, 0.05) is 10.9 Å². The summed E-state index contributed by atoms with van der Waals surface area (Å²) < 4.78 is 21.7. The summed E-state index contributed by atoms with van der Waals surface area (Å²) in [7, 11) is 2.86. The number of methoxy groups -OCH3 is 2. The molecule has 31 heavy (non-hydrogen) atoms. The summed E-state index contributed by atoms with van der Waals surface area (Å²) in [4.78, 5) is 36.8. The van der Waals surface area contributed by atoms with Crippen molar-refractivity contribution in [3.05, 3.63) is 53.6 Å². The first-order valence-corrected chi connectivity index (χ1v) is 9.54. The van der Waals surface area contributed by atoms with Crippen LogP contribution < -0.4 is 19.5 Å². The zero-order valence-electron chi connectivity index (χ0n) is 16.7. The van der Waals surface area contributed by atoms with Crippen molar-refractivity contribution >= 4 is 28.6 Å². The maximum absolute atomic E-state index is 12.7. The van der Waals surface area contributed by atoms with E-state index in [0.717, 1.165) is 0 Å². The number of esters is 1. The number of ether oxygens (including phenoxy) is 4. The molecule has 5 rings (SSSR count). The van der Waals surface area contributed by atoms with E-state index in [4.69, 9.17) is 18.9 Å². The van der Waals surface area contributed by atoms with Gasteiger partial charge in [-0.05, 0) is 35.2 Å². The maximum Gasteiger partial charge on any atom is 0.313 e. The Balaban J connectivity index is 1.76. The number of fused-ring (bicyclic) bond motifs is 4. The maximum atomic E-state index is 12.7. The van der Waals surface area contributed by atoms with E-state index in [1.807, 2.05) is 12.1 Å². The number of benzene rings is 3. The molecule has 8 nitrogen and oxygen atoms in total. The molecule has 0 saturated heterocycles. The zero-order chi connectivity index (χ0) is 21.7. The fourth-order valence-corrected chi connectivity index (χ4v) is 3.95. The average Bonchev–Trinajstić information content (AvgIpc) is 3.32. The lowest BCUT2D eigenvalue weighted by atomic mass is 9.90. The first-order chi connectivity index (χ1) is 15.0. The molecule has 2 aliphatic rings. The first-order valence-electron chi connectivity index (χ1n) is 9.54. The Kier molecular flexibility index (Phi) is 4.28. The number of carbonyl (C=O) groups is 3. The predicted octanol–water partition coefficient (Wildman–Crippen LogP) is 3.06. The Hall–Kier alpha value is -4.07. The molecule has 156 valence electrons. The molecule has 0 saturated carbocycles. The van der Waals surface area contributed by atoms with Gasteiger partial charge in [-0.1, -0.05) is 18.2 Å². The average molecular weight is 419 g/mol. The van der Waals surface area contributed by atoms with Crippen molar-refractivity contribution in [2.24, 2.45) is 0 Å². The smallest absolute Gasteiger partial charge is 0.313 e. The molecule has 0 radical (unpaired) electrons. The minimum atomic E-state index is -0.847. The van der Waals surface area contributed by atoms with Crippen LogP contribution in [0, 0.1) is 0 Å². The molecule has 2 amide bonds. The van der Waals surface area contributed by atoms with Gasteiger partial charge in [0.05, 0.1) is 25.3 Å². The minimum Gasteiger partial charge on any atom is -0.497 e. The molecular formula is C23H17NO7. The van der Waals surface area contributed by atoms with Gasteiger partial charge in [-0.2, -0.15) is 0 Å². The fourth-order valence-electron chi connectivity index (χ4n) is 3.95. The van der Waals surface area contributed by atoms with E-state index in [0.29, 0.717) is 44.7 Å². The van der Waals surface area contributed by atoms with Crippen molar-refractivity contribution in [2.75, 3.05) is 14.2 Å². The van der Waals surface area contributed by atoms with Gasteiger partial charge in [0.2, 0.25) is 0 Å². The van der Waals surface area contributed by atoms with Crippen LogP contribution in [0.2, 0.25) is 0 Å². The van der Waals surface area contributed by atoms with Gasteiger partial charge in [-0.25, -0.2) is 0 Å². The van der Waals surface area contributed by atoms with Gasteiger partial charge >= 0.3 is 5.97 Å². The van der Waals surface area contributed by atoms with Gasteiger partial charge in [0.15, 0.2) is 11.5 Å². The highest BCUT2D eigenvalue weighted by atomic mass is 16.7. The van der Waals surface area contributed by atoms with E-state index < -0.39 is 24.1 Å². The van der Waals surface area contributed by atoms with Crippen molar-refractivity contribution < 1.29 is 33.3 Å². The summed E-state index contributed by atoms with van der Waals surface area (Å²) in [5, 5.41) is 3.69. The molecule has 1 atom stereocenters. The van der Waals surface area contributed by atoms with Crippen LogP contribution in [0.15, 0.2) is 42.5 Å². The van der Waals surface area contributed by atoms with E-state index in [9.17, 15) is 14.4 Å². The molecule has 3 aromatic carbocycles. The number of rotatable bonds is 4. The number of imide groups is 1. The lowest BCUT2D eigenvalue weighted by Gasteiger charge is -2.14. The molecule has 3 aromatic rings. The second-order valence-corrected chi connectivity index (χ2v) is 7.12. The quantitative estimate of drug-likeness (QED) is 0.512. The van der Waals surface area contributed by atoms with Crippen molar-refractivity contribution in [2.45, 2.75) is 12.7 Å². The van der Waals surface area contributed by atoms with Crippen molar-refractivity contribution in [3.63, 3.8) is 0 Å². The second-order valence-electron chi connectivity index (χ2n) is 7.12. The highest BCUT2D eigenvalue weighted by Gasteiger charge is 2.35. The molecule has 2 aliphatic heterocycles. The number of hydrogen-bond acceptors (Lipinski definition) is 7. The van der Waals surface area contributed by atoms with Gasteiger partial charge < -0.3 is 18.9 Å². The second kappa shape index (κ2) is 7.02. The van der Waals surface area contributed by atoms with E-state index in [2.05, 4.69) is 5.32 Å². The number of nitrogens with one attached hydrogen (secondary N) is 1. The first kappa shape index (κ1) is 18.9. The van der Waals surface area contributed by atoms with Crippen LogP contribution >= 0.6 is 0 Å². The summed E-state index contributed by atoms with van der Waals surface area (Å²) >= 11 is 0. The van der Waals surface area contributed by atoms with Crippen LogP contribution in [0.1, 0.15) is 27.1 Å². The Bertz CT molecular complexity index is 1260. The van der Waals surface area contributed by atoms with Gasteiger partial charge in [-0.3, -0.25) is 19.7 Å². The summed E-state index contributed by atoms with van der Waals surface area (Å²) in [6.07, 6.45) is -0.936. The van der Waals surface area contributed by atoms with Crippen molar-refractivity contribution in [1.29, 1.82) is 0 Å². The van der Waals surface area contributed by atoms with E-state index in [1.165, 1.54) is 7.11 Å². The van der Waals surface area contributed by atoms with Crippen LogP contribution in [0.25, 0.3) is 21.9 Å². The molecule has 0 fully saturated rings. The molecule has 8 heteroatoms. The standard InChI is InChI=1S/C23H17NO7/c1-28-13-6-3-11(4-7-13)18-19-12(9-14-20(18)23(27)24-22(14)26)5-8-15-21(19)31-17(30-15)10-16(25)29-2/h3-9,17H,10H2,1-2H3,(H,24,26,27). The summed E-state index contributed by atoms with van der Waals surface area (Å²) in [5.41, 5.74) is 1.84. The molecule has 0 aliphatic carbocycles. The van der Waals surface area contributed by atoms with Crippen LogP contribution in [-0.4, -0.2) is 38.3 Å². The molecular weight excluding hydrogens is 402 g/mol. The Labute approximate surface area is 176 Å². The number of carbonyl (C=O) groups excluding carboxylic acids is 3. The number of amides is 2. The highest BCUT2D eigenvalue weighted by molar-refractivity contribution is 6.28. The summed E-state index contributed by atoms with van der Waals surface area (Å²) in [5.74, 6) is 0.119. The topological polar surface area (TPSA) is 100 Å². The van der Waals surface area contributed by atoms with Crippen LogP contribution in [0.4, 0.5) is 0 Å². The molecule has 2 heterocycles. The normalized spacial score (nSPS) is 16.3. The Morgan fingerprint density at radius 2 is 1.77 bits per heavy atom. The molecule has 0 aromatic heterocycles. The van der Waals surface area contributed by atoms with Crippen molar-refractivity contribution in [1.82, 2.24) is 5.32 Å². The van der Waals surface area contributed by atoms with Crippen LogP contribution in [0.3, 0.4) is 0 Å². The highest BCUT2D eigenvalue weighted by Crippen LogP contribution is 2.48. The third-order valence-electron chi connectivity index (χ3n) is 5.37. The third kappa shape index (κ3) is 2.95. The predicted molar refractivity (Wildman–Crippen MR) is 109 cm³/mol. The molecule has 0 bridgehead atoms. The molecule has 1 N–H and O–H groups in total. The van der Waals surface area contributed by atoms with Gasteiger partial charge in [0.1, 0.15) is 12.2 Å². The summed E-state index contributed by atoms with van der Waals surface area (Å²) in [6.45, 7) is 0. The van der Waals surface area contributed by atoms with E-state index >= 15 is 0 Å². The van der Waals surface area contributed by atoms with Crippen LogP contribution in [-0.2, 0) is 9.53 Å². The Morgan fingerprint density at radius 3 is 2.48 bits per heavy atom. The Morgan fingerprint density at radius 1 is 1.00 bits per heavy atom. The number of hydrogen-bond donors (Lipinski definition) is 1. The molecule has 0 spiro atoms. The van der Waals surface area contributed by atoms with Gasteiger partial charge in [0.25, 0.3) is 18.1 Å². The third-order valence-corrected chi connectivity index (χ3v) is 5.37. The minimum absolute atomic E-state index is 0.0888. The monoisotopic (exact) mass is 419 g/mol. The molecule has 1 unspecified atom stereocenters. The van der Waals surface area contributed by atoms with E-state index in [-0.39, 0.29) is 12.0 Å². The van der Waals surface area contributed by atoms with Crippen molar-refractivity contribution in [3.8, 4) is 28.4 Å². The van der Waals surface area contributed by atoms with E-state index in [1.54, 1.807) is 37.4 Å². The summed E-state index contributed by atoms with van der Waals surface area (Å²) in [6, 6.07) is 12.3. The lowest BCUT2D eigenvalue weighted by molar-refractivity contribution is -0.145. The zero-order valence-corrected chi connectivity index (χ0v) is 16.7.